The van der Waals surface area contributed by atoms with Crippen molar-refractivity contribution < 1.29 is 9.18 Å². The lowest BCUT2D eigenvalue weighted by atomic mass is 10.0. The van der Waals surface area contributed by atoms with Crippen LogP contribution in [0.25, 0.3) is 16.8 Å². The molecule has 0 spiro atoms. The molecule has 0 fully saturated rings. The van der Waals surface area contributed by atoms with Gasteiger partial charge in [-0.1, -0.05) is 41.9 Å². The van der Waals surface area contributed by atoms with E-state index in [1.807, 2.05) is 30.1 Å². The number of nitrogens with zero attached hydrogens (tertiary/aromatic N) is 2. The lowest BCUT2D eigenvalue weighted by Gasteiger charge is -2.31. The predicted octanol–water partition coefficient (Wildman–Crippen LogP) is 6.85. The van der Waals surface area contributed by atoms with Crippen LogP contribution in [0.3, 0.4) is 0 Å². The first-order valence-electron chi connectivity index (χ1n) is 10.5. The molecule has 4 nitrogen and oxygen atoms in total. The predicted molar refractivity (Wildman–Crippen MR) is 138 cm³/mol. The highest BCUT2D eigenvalue weighted by Crippen LogP contribution is 2.39. The van der Waals surface area contributed by atoms with E-state index in [0.29, 0.717) is 26.9 Å². The number of carbonyl (C=O) groups excluding carboxylic acids is 1. The third-order valence-corrected chi connectivity index (χ3v) is 6.30. The van der Waals surface area contributed by atoms with Gasteiger partial charge in [0, 0.05) is 42.0 Å². The zero-order valence-electron chi connectivity index (χ0n) is 18.8. The maximum atomic E-state index is 14.6. The molecule has 0 aliphatic rings. The molecule has 0 aliphatic heterocycles. The molecule has 3 aromatic carbocycles. The molecule has 172 valence electrons. The van der Waals surface area contributed by atoms with Crippen LogP contribution in [-0.2, 0) is 0 Å². The van der Waals surface area contributed by atoms with E-state index in [2.05, 4.69) is 25.3 Å². The molecule has 3 aromatic rings. The average molecular weight is 486 g/mol. The normalized spacial score (nSPS) is 10.7. The molecule has 0 radical (unpaired) electrons. The second-order valence-corrected chi connectivity index (χ2v) is 8.35. The zero-order chi connectivity index (χ0) is 24.3. The van der Waals surface area contributed by atoms with Gasteiger partial charge in [0.15, 0.2) is 0 Å². The molecule has 0 aliphatic carbocycles. The zero-order valence-corrected chi connectivity index (χ0v) is 20.3. The lowest BCUT2D eigenvalue weighted by molar-refractivity contribution is 0.100. The first kappa shape index (κ1) is 24.6. The molecule has 0 heterocycles. The van der Waals surface area contributed by atoms with Crippen molar-refractivity contribution in [3.63, 3.8) is 0 Å². The van der Waals surface area contributed by atoms with Gasteiger partial charge in [-0.15, -0.1) is 0 Å². The Morgan fingerprint density at radius 3 is 2.30 bits per heavy atom. The standard InChI is InChI=1S/C26H26Cl2FN3O/c1-5-32(6-2)24-15-17(19-14-18(26(30)33)10-12-20(19)27)11-13-23(24)31(4)16(3)25-21(28)8-7-9-22(25)29/h7-15H,3,5-6H2,1-2,4H3,(H2,30,33). The molecular weight excluding hydrogens is 460 g/mol. The van der Waals surface area contributed by atoms with Gasteiger partial charge in [0.1, 0.15) is 5.82 Å². The maximum absolute atomic E-state index is 14.6. The summed E-state index contributed by atoms with van der Waals surface area (Å²) in [7, 11) is 1.83. The van der Waals surface area contributed by atoms with Crippen molar-refractivity contribution in [1.82, 2.24) is 0 Å². The van der Waals surface area contributed by atoms with Crippen molar-refractivity contribution in [3.8, 4) is 11.1 Å². The molecule has 1 amide bonds. The van der Waals surface area contributed by atoms with Crippen LogP contribution in [0.4, 0.5) is 15.8 Å². The SMILES string of the molecule is C=C(c1c(F)cccc1Cl)N(C)c1ccc(-c2cc(C(N)=O)ccc2Cl)cc1N(CC)CC. The van der Waals surface area contributed by atoms with Crippen molar-refractivity contribution in [2.24, 2.45) is 5.73 Å². The van der Waals surface area contributed by atoms with Crippen molar-refractivity contribution in [1.29, 1.82) is 0 Å². The molecule has 2 N–H and O–H groups in total. The molecule has 0 atom stereocenters. The number of anilines is 2. The second kappa shape index (κ2) is 10.3. The molecule has 0 unspecified atom stereocenters. The van der Waals surface area contributed by atoms with Crippen LogP contribution < -0.4 is 15.5 Å². The van der Waals surface area contributed by atoms with Crippen LogP contribution in [0.15, 0.2) is 61.2 Å². The highest BCUT2D eigenvalue weighted by Gasteiger charge is 2.20. The Labute approximate surface area is 204 Å². The van der Waals surface area contributed by atoms with Gasteiger partial charge in [0.05, 0.1) is 22.0 Å². The highest BCUT2D eigenvalue weighted by molar-refractivity contribution is 6.33. The largest absolute Gasteiger partial charge is 0.370 e. The summed E-state index contributed by atoms with van der Waals surface area (Å²) in [6.07, 6.45) is 0. The topological polar surface area (TPSA) is 49.6 Å². The Morgan fingerprint density at radius 1 is 1.00 bits per heavy atom. The van der Waals surface area contributed by atoms with Crippen LogP contribution in [0.1, 0.15) is 29.8 Å². The highest BCUT2D eigenvalue weighted by atomic mass is 35.5. The Morgan fingerprint density at radius 2 is 1.70 bits per heavy atom. The van der Waals surface area contributed by atoms with E-state index in [-0.39, 0.29) is 5.56 Å². The minimum Gasteiger partial charge on any atom is -0.370 e. The number of nitrogens with two attached hydrogens (primary N) is 1. The number of halogens is 3. The summed E-state index contributed by atoms with van der Waals surface area (Å²) in [4.78, 5) is 15.7. The van der Waals surface area contributed by atoms with Crippen molar-refractivity contribution in [3.05, 3.63) is 88.2 Å². The van der Waals surface area contributed by atoms with Crippen LogP contribution >= 0.6 is 23.2 Å². The lowest BCUT2D eigenvalue weighted by Crippen LogP contribution is -2.25. The molecular formula is C26H26Cl2FN3O. The first-order valence-corrected chi connectivity index (χ1v) is 11.3. The Kier molecular flexibility index (Phi) is 7.67. The van der Waals surface area contributed by atoms with Gasteiger partial charge in [-0.3, -0.25) is 4.79 Å². The number of benzene rings is 3. The smallest absolute Gasteiger partial charge is 0.248 e. The summed E-state index contributed by atoms with van der Waals surface area (Å²) >= 11 is 12.7. The van der Waals surface area contributed by atoms with Gasteiger partial charge in [-0.2, -0.15) is 0 Å². The van der Waals surface area contributed by atoms with Crippen LogP contribution in [0.2, 0.25) is 10.0 Å². The quantitative estimate of drug-likeness (QED) is 0.379. The molecule has 0 saturated carbocycles. The van der Waals surface area contributed by atoms with E-state index in [0.717, 1.165) is 30.0 Å². The summed E-state index contributed by atoms with van der Waals surface area (Å²) in [6.45, 7) is 9.73. The van der Waals surface area contributed by atoms with E-state index in [1.165, 1.54) is 6.07 Å². The number of rotatable bonds is 8. The van der Waals surface area contributed by atoms with E-state index >= 15 is 0 Å². The Balaban J connectivity index is 2.15. The maximum Gasteiger partial charge on any atom is 0.248 e. The average Bonchev–Trinajstić information content (AvgIpc) is 2.79. The van der Waals surface area contributed by atoms with E-state index in [1.54, 1.807) is 30.3 Å². The van der Waals surface area contributed by atoms with Crippen molar-refractivity contribution in [2.75, 3.05) is 29.9 Å². The van der Waals surface area contributed by atoms with Crippen molar-refractivity contribution in [2.45, 2.75) is 13.8 Å². The van der Waals surface area contributed by atoms with Gasteiger partial charge >= 0.3 is 0 Å². The third kappa shape index (κ3) is 5.00. The number of hydrogen-bond acceptors (Lipinski definition) is 3. The van der Waals surface area contributed by atoms with Gasteiger partial charge in [0.2, 0.25) is 5.91 Å². The summed E-state index contributed by atoms with van der Waals surface area (Å²) in [5, 5.41) is 0.803. The summed E-state index contributed by atoms with van der Waals surface area (Å²) in [6, 6.07) is 15.4. The Hall–Kier alpha value is -3.02. The number of amides is 1. The van der Waals surface area contributed by atoms with E-state index < -0.39 is 11.7 Å². The van der Waals surface area contributed by atoms with Gasteiger partial charge in [-0.05, 0) is 61.9 Å². The molecule has 33 heavy (non-hydrogen) atoms. The Bertz CT molecular complexity index is 1190. The number of primary amides is 1. The fraction of sp³-hybridized carbons (Fsp3) is 0.192. The van der Waals surface area contributed by atoms with Gasteiger partial charge < -0.3 is 15.5 Å². The van der Waals surface area contributed by atoms with Crippen molar-refractivity contribution >= 4 is 46.2 Å². The minimum atomic E-state index is -0.522. The first-order chi connectivity index (χ1) is 15.7. The van der Waals surface area contributed by atoms with Gasteiger partial charge in [0.25, 0.3) is 0 Å². The third-order valence-electron chi connectivity index (χ3n) is 5.66. The number of carbonyl (C=O) groups is 1. The fourth-order valence-corrected chi connectivity index (χ4v) is 4.28. The van der Waals surface area contributed by atoms with Gasteiger partial charge in [-0.25, -0.2) is 4.39 Å². The molecule has 0 saturated heterocycles. The van der Waals surface area contributed by atoms with E-state index in [9.17, 15) is 9.18 Å². The minimum absolute atomic E-state index is 0.258. The molecule has 0 bridgehead atoms. The summed E-state index contributed by atoms with van der Waals surface area (Å²) < 4.78 is 14.6. The van der Waals surface area contributed by atoms with Crippen LogP contribution in [0, 0.1) is 5.82 Å². The molecule has 3 rings (SSSR count). The summed E-state index contributed by atoms with van der Waals surface area (Å²) in [5.41, 5.74) is 9.80. The van der Waals surface area contributed by atoms with Crippen LogP contribution in [0.5, 0.6) is 0 Å². The fourth-order valence-electron chi connectivity index (χ4n) is 3.78. The number of hydrogen-bond donors (Lipinski definition) is 1. The summed E-state index contributed by atoms with van der Waals surface area (Å²) in [5.74, 6) is -0.957. The molecule has 0 aromatic heterocycles. The molecule has 7 heteroatoms. The monoisotopic (exact) mass is 485 g/mol. The van der Waals surface area contributed by atoms with E-state index in [4.69, 9.17) is 28.9 Å². The second-order valence-electron chi connectivity index (χ2n) is 7.54. The van der Waals surface area contributed by atoms with Crippen LogP contribution in [-0.4, -0.2) is 26.0 Å².